The number of alkyl carbamates (subject to hydrolysis) is 1. The number of hydrogen-bond donors (Lipinski definition) is 3. The van der Waals surface area contributed by atoms with E-state index in [-0.39, 0.29) is 30.9 Å². The van der Waals surface area contributed by atoms with Crippen LogP contribution in [0.5, 0.6) is 0 Å². The van der Waals surface area contributed by atoms with Gasteiger partial charge in [-0.15, -0.1) is 0 Å². The molecule has 2 atom stereocenters. The number of carbonyl (C=O) groups excluding carboxylic acids is 2. The van der Waals surface area contributed by atoms with Gasteiger partial charge in [-0.1, -0.05) is 62.4 Å². The van der Waals surface area contributed by atoms with Gasteiger partial charge in [-0.3, -0.25) is 9.59 Å². The number of fused-ring (bicyclic) bond motifs is 3. The standard InChI is InChI=1S/C25H30N2O5/c1-16(23(28)27-14-17(2)24(29)30)8-7-13-26-25(31)32-15-22-20-11-5-3-9-18(20)19-10-4-6-12-21(19)22/h3-6,9-12,16-17,22H,7-8,13-15H2,1-2H3,(H,26,31)(H,27,28)(H,29,30). The van der Waals surface area contributed by atoms with E-state index in [1.807, 2.05) is 24.3 Å². The molecule has 2 aromatic carbocycles. The number of ether oxygens (including phenoxy) is 1. The van der Waals surface area contributed by atoms with Crippen LogP contribution in [-0.4, -0.2) is 42.8 Å². The van der Waals surface area contributed by atoms with Gasteiger partial charge in [-0.2, -0.15) is 0 Å². The summed E-state index contributed by atoms with van der Waals surface area (Å²) in [6.45, 7) is 4.11. The maximum absolute atomic E-state index is 12.2. The predicted octanol–water partition coefficient (Wildman–Crippen LogP) is 3.78. The molecule has 1 aliphatic rings. The van der Waals surface area contributed by atoms with Crippen LogP contribution in [0.25, 0.3) is 11.1 Å². The molecule has 0 aliphatic heterocycles. The van der Waals surface area contributed by atoms with Crippen molar-refractivity contribution >= 4 is 18.0 Å². The molecular weight excluding hydrogens is 408 g/mol. The van der Waals surface area contributed by atoms with Crippen molar-refractivity contribution in [2.75, 3.05) is 19.7 Å². The van der Waals surface area contributed by atoms with Crippen molar-refractivity contribution in [1.29, 1.82) is 0 Å². The summed E-state index contributed by atoms with van der Waals surface area (Å²) in [5.41, 5.74) is 4.70. The largest absolute Gasteiger partial charge is 0.481 e. The summed E-state index contributed by atoms with van der Waals surface area (Å²) in [6, 6.07) is 16.4. The fourth-order valence-corrected chi connectivity index (χ4v) is 3.89. The van der Waals surface area contributed by atoms with Crippen molar-refractivity contribution in [2.45, 2.75) is 32.6 Å². The van der Waals surface area contributed by atoms with Crippen LogP contribution in [0.3, 0.4) is 0 Å². The van der Waals surface area contributed by atoms with Crippen LogP contribution in [-0.2, 0) is 14.3 Å². The van der Waals surface area contributed by atoms with Crippen molar-refractivity contribution in [2.24, 2.45) is 11.8 Å². The number of rotatable bonds is 10. The third-order valence-corrected chi connectivity index (χ3v) is 5.88. The first-order valence-electron chi connectivity index (χ1n) is 11.0. The van der Waals surface area contributed by atoms with Gasteiger partial charge in [0.15, 0.2) is 0 Å². The molecule has 2 unspecified atom stereocenters. The minimum atomic E-state index is -0.940. The Kier molecular flexibility index (Phi) is 7.87. The first-order valence-corrected chi connectivity index (χ1v) is 11.0. The number of carbonyl (C=O) groups is 3. The molecule has 0 saturated heterocycles. The minimum Gasteiger partial charge on any atom is -0.481 e. The first kappa shape index (κ1) is 23.3. The second-order valence-electron chi connectivity index (χ2n) is 8.28. The van der Waals surface area contributed by atoms with E-state index in [0.29, 0.717) is 19.4 Å². The van der Waals surface area contributed by atoms with Gasteiger partial charge in [0.1, 0.15) is 6.61 Å². The van der Waals surface area contributed by atoms with Crippen LogP contribution in [0.1, 0.15) is 43.7 Å². The highest BCUT2D eigenvalue weighted by atomic mass is 16.5. The maximum atomic E-state index is 12.2. The number of nitrogens with one attached hydrogen (secondary N) is 2. The van der Waals surface area contributed by atoms with E-state index in [1.54, 1.807) is 13.8 Å². The normalized spacial score (nSPS) is 14.1. The Morgan fingerprint density at radius 1 is 0.938 bits per heavy atom. The molecule has 3 rings (SSSR count). The highest BCUT2D eigenvalue weighted by Gasteiger charge is 2.29. The van der Waals surface area contributed by atoms with Crippen LogP contribution < -0.4 is 10.6 Å². The molecule has 7 nitrogen and oxygen atoms in total. The third kappa shape index (κ3) is 5.66. The Hall–Kier alpha value is -3.35. The van der Waals surface area contributed by atoms with Gasteiger partial charge < -0.3 is 20.5 Å². The summed E-state index contributed by atoms with van der Waals surface area (Å²) in [7, 11) is 0. The number of carboxylic acid groups (broad SMARTS) is 1. The van der Waals surface area contributed by atoms with E-state index >= 15 is 0 Å². The lowest BCUT2D eigenvalue weighted by Crippen LogP contribution is -2.35. The zero-order valence-electron chi connectivity index (χ0n) is 18.5. The van der Waals surface area contributed by atoms with E-state index in [1.165, 1.54) is 22.3 Å². The highest BCUT2D eigenvalue weighted by molar-refractivity contribution is 5.80. The Bertz CT molecular complexity index is 929. The molecule has 1 aliphatic carbocycles. The molecule has 0 fully saturated rings. The third-order valence-electron chi connectivity index (χ3n) is 5.88. The van der Waals surface area contributed by atoms with Crippen molar-refractivity contribution in [3.05, 3.63) is 59.7 Å². The SMILES string of the molecule is CC(CNC(=O)C(C)CCCNC(=O)OCC1c2ccccc2-c2ccccc21)C(=O)O. The second kappa shape index (κ2) is 10.8. The molecular formula is C25H30N2O5. The van der Waals surface area contributed by atoms with Gasteiger partial charge in [0, 0.05) is 24.9 Å². The van der Waals surface area contributed by atoms with Gasteiger partial charge >= 0.3 is 12.1 Å². The second-order valence-corrected chi connectivity index (χ2v) is 8.28. The van der Waals surface area contributed by atoms with E-state index in [2.05, 4.69) is 34.9 Å². The van der Waals surface area contributed by atoms with Crippen molar-refractivity contribution in [3.8, 4) is 11.1 Å². The minimum absolute atomic E-state index is 0.0186. The van der Waals surface area contributed by atoms with Crippen molar-refractivity contribution in [1.82, 2.24) is 10.6 Å². The lowest BCUT2D eigenvalue weighted by Gasteiger charge is -2.15. The van der Waals surface area contributed by atoms with Crippen LogP contribution in [0.2, 0.25) is 0 Å². The molecule has 170 valence electrons. The molecule has 0 aromatic heterocycles. The number of hydrogen-bond acceptors (Lipinski definition) is 4. The van der Waals surface area contributed by atoms with Crippen LogP contribution >= 0.6 is 0 Å². The number of benzene rings is 2. The summed E-state index contributed by atoms with van der Waals surface area (Å²) < 4.78 is 5.50. The van der Waals surface area contributed by atoms with Gasteiger partial charge in [0.25, 0.3) is 0 Å². The van der Waals surface area contributed by atoms with Crippen LogP contribution in [0, 0.1) is 11.8 Å². The van der Waals surface area contributed by atoms with Gasteiger partial charge in [0.05, 0.1) is 5.92 Å². The zero-order chi connectivity index (χ0) is 23.1. The number of amides is 2. The lowest BCUT2D eigenvalue weighted by molar-refractivity contribution is -0.141. The molecule has 32 heavy (non-hydrogen) atoms. The molecule has 2 aromatic rings. The van der Waals surface area contributed by atoms with Crippen LogP contribution in [0.4, 0.5) is 4.79 Å². The fourth-order valence-electron chi connectivity index (χ4n) is 3.89. The quantitative estimate of drug-likeness (QED) is 0.490. The molecule has 2 amide bonds. The molecule has 0 spiro atoms. The maximum Gasteiger partial charge on any atom is 0.407 e. The molecule has 3 N–H and O–H groups in total. The number of aliphatic carboxylic acids is 1. The summed E-state index contributed by atoms with van der Waals surface area (Å²) in [5, 5.41) is 14.3. The summed E-state index contributed by atoms with van der Waals surface area (Å²) in [5.74, 6) is -1.99. The van der Waals surface area contributed by atoms with E-state index in [9.17, 15) is 14.4 Å². The Morgan fingerprint density at radius 3 is 2.12 bits per heavy atom. The van der Waals surface area contributed by atoms with E-state index in [0.717, 1.165) is 0 Å². The summed E-state index contributed by atoms with van der Waals surface area (Å²) in [6.07, 6.45) is 0.726. The molecule has 0 heterocycles. The predicted molar refractivity (Wildman–Crippen MR) is 121 cm³/mol. The fraction of sp³-hybridized carbons (Fsp3) is 0.400. The lowest BCUT2D eigenvalue weighted by atomic mass is 9.98. The van der Waals surface area contributed by atoms with E-state index < -0.39 is 18.0 Å². The first-order chi connectivity index (χ1) is 15.4. The molecule has 7 heteroatoms. The molecule has 0 saturated carbocycles. The smallest absolute Gasteiger partial charge is 0.407 e. The zero-order valence-corrected chi connectivity index (χ0v) is 18.5. The summed E-state index contributed by atoms with van der Waals surface area (Å²) in [4.78, 5) is 35.0. The van der Waals surface area contributed by atoms with Gasteiger partial charge in [0.2, 0.25) is 5.91 Å². The van der Waals surface area contributed by atoms with Crippen molar-refractivity contribution in [3.63, 3.8) is 0 Å². The van der Waals surface area contributed by atoms with Crippen molar-refractivity contribution < 1.29 is 24.2 Å². The Balaban J connectivity index is 1.39. The average Bonchev–Trinajstić information content (AvgIpc) is 3.12. The Morgan fingerprint density at radius 2 is 1.53 bits per heavy atom. The van der Waals surface area contributed by atoms with Crippen LogP contribution in [0.15, 0.2) is 48.5 Å². The highest BCUT2D eigenvalue weighted by Crippen LogP contribution is 2.44. The monoisotopic (exact) mass is 438 g/mol. The number of carboxylic acids is 1. The molecule has 0 radical (unpaired) electrons. The van der Waals surface area contributed by atoms with E-state index in [4.69, 9.17) is 9.84 Å². The average molecular weight is 439 g/mol. The van der Waals surface area contributed by atoms with Gasteiger partial charge in [-0.05, 0) is 35.1 Å². The molecule has 0 bridgehead atoms. The van der Waals surface area contributed by atoms with Gasteiger partial charge in [-0.25, -0.2) is 4.79 Å². The topological polar surface area (TPSA) is 105 Å². The Labute approximate surface area is 188 Å². The summed E-state index contributed by atoms with van der Waals surface area (Å²) >= 11 is 0.